The maximum absolute atomic E-state index is 6.02. The van der Waals surface area contributed by atoms with E-state index in [1.165, 1.54) is 0 Å². The largest absolute Gasteiger partial charge is 0.379 e. The lowest BCUT2D eigenvalue weighted by Crippen LogP contribution is -2.44. The van der Waals surface area contributed by atoms with E-state index >= 15 is 0 Å². The molecule has 100 valence electrons. The summed E-state index contributed by atoms with van der Waals surface area (Å²) in [5.41, 5.74) is 7.13. The number of hydrogen-bond acceptors (Lipinski definition) is 4. The summed E-state index contributed by atoms with van der Waals surface area (Å²) in [6.07, 6.45) is 3.25. The van der Waals surface area contributed by atoms with Crippen LogP contribution in [0.4, 0.5) is 5.82 Å². The minimum atomic E-state index is 0.00837. The van der Waals surface area contributed by atoms with E-state index in [2.05, 4.69) is 22.9 Å². The Morgan fingerprint density at radius 2 is 2.33 bits per heavy atom. The van der Waals surface area contributed by atoms with Gasteiger partial charge in [-0.25, -0.2) is 4.98 Å². The Bertz CT molecular complexity index is 394. The number of rotatable bonds is 3. The Morgan fingerprint density at radius 1 is 1.56 bits per heavy atom. The summed E-state index contributed by atoms with van der Waals surface area (Å²) in [6, 6.07) is 4.02. The van der Waals surface area contributed by atoms with E-state index in [1.54, 1.807) is 7.11 Å². The predicted octanol–water partition coefficient (Wildman–Crippen LogP) is 1.96. The number of methoxy groups -OCH3 is 1. The fourth-order valence-corrected chi connectivity index (χ4v) is 2.56. The minimum Gasteiger partial charge on any atom is -0.379 e. The monoisotopic (exact) mass is 249 g/mol. The normalized spacial score (nSPS) is 26.1. The van der Waals surface area contributed by atoms with Crippen molar-refractivity contribution in [2.75, 3.05) is 25.1 Å². The third-order valence-electron chi connectivity index (χ3n) is 3.80. The Labute approximate surface area is 109 Å². The van der Waals surface area contributed by atoms with Crippen molar-refractivity contribution in [1.29, 1.82) is 0 Å². The molecule has 4 nitrogen and oxygen atoms in total. The highest BCUT2D eigenvalue weighted by Gasteiger charge is 2.28. The van der Waals surface area contributed by atoms with Gasteiger partial charge in [-0.2, -0.15) is 0 Å². The lowest BCUT2D eigenvalue weighted by atomic mass is 9.95. The van der Waals surface area contributed by atoms with Gasteiger partial charge in [-0.1, -0.05) is 13.0 Å². The second kappa shape index (κ2) is 5.67. The SMILES string of the molecule is COC1CN(c2ncccc2[C@H](C)N)CCC1C. The summed E-state index contributed by atoms with van der Waals surface area (Å²) in [5.74, 6) is 1.62. The molecule has 0 saturated carbocycles. The molecular formula is C14H23N3O. The molecule has 0 aliphatic carbocycles. The lowest BCUT2D eigenvalue weighted by Gasteiger charge is -2.38. The third-order valence-corrected chi connectivity index (χ3v) is 3.80. The van der Waals surface area contributed by atoms with Crippen LogP contribution in [0.25, 0.3) is 0 Å². The molecule has 0 amide bonds. The maximum Gasteiger partial charge on any atom is 0.133 e. The van der Waals surface area contributed by atoms with Gasteiger partial charge in [0.05, 0.1) is 6.10 Å². The average molecular weight is 249 g/mol. The topological polar surface area (TPSA) is 51.4 Å². The Morgan fingerprint density at radius 3 is 3.00 bits per heavy atom. The standard InChI is InChI=1S/C14H23N3O/c1-10-6-8-17(9-13(10)18-3)14-12(11(2)15)5-4-7-16-14/h4-5,7,10-11,13H,6,8-9,15H2,1-3H3/t10?,11-,13?/m0/s1. The van der Waals surface area contributed by atoms with Crippen LogP contribution in [0.1, 0.15) is 31.9 Å². The number of nitrogens with two attached hydrogens (primary N) is 1. The zero-order valence-corrected chi connectivity index (χ0v) is 11.5. The molecule has 3 atom stereocenters. The van der Waals surface area contributed by atoms with E-state index in [1.807, 2.05) is 19.2 Å². The molecule has 18 heavy (non-hydrogen) atoms. The second-order valence-electron chi connectivity index (χ2n) is 5.19. The van der Waals surface area contributed by atoms with E-state index < -0.39 is 0 Å². The van der Waals surface area contributed by atoms with Crippen molar-refractivity contribution < 1.29 is 4.74 Å². The van der Waals surface area contributed by atoms with Crippen LogP contribution in [0.15, 0.2) is 18.3 Å². The highest BCUT2D eigenvalue weighted by molar-refractivity contribution is 5.48. The van der Waals surface area contributed by atoms with Crippen molar-refractivity contribution in [3.05, 3.63) is 23.9 Å². The van der Waals surface area contributed by atoms with Crippen molar-refractivity contribution in [2.24, 2.45) is 11.7 Å². The fraction of sp³-hybridized carbons (Fsp3) is 0.643. The van der Waals surface area contributed by atoms with Crippen LogP contribution < -0.4 is 10.6 Å². The number of piperidine rings is 1. The van der Waals surface area contributed by atoms with Gasteiger partial charge in [0.15, 0.2) is 0 Å². The Hall–Kier alpha value is -1.13. The zero-order valence-electron chi connectivity index (χ0n) is 11.5. The summed E-state index contributed by atoms with van der Waals surface area (Å²) in [6.45, 7) is 6.17. The average Bonchev–Trinajstić information content (AvgIpc) is 2.39. The van der Waals surface area contributed by atoms with Gasteiger partial charge >= 0.3 is 0 Å². The number of nitrogens with zero attached hydrogens (tertiary/aromatic N) is 2. The van der Waals surface area contributed by atoms with Gasteiger partial charge in [0, 0.05) is 38.0 Å². The number of anilines is 1. The van der Waals surface area contributed by atoms with Gasteiger partial charge in [-0.15, -0.1) is 0 Å². The molecule has 0 bridgehead atoms. The zero-order chi connectivity index (χ0) is 13.1. The van der Waals surface area contributed by atoms with Crippen LogP contribution >= 0.6 is 0 Å². The molecule has 1 aromatic rings. The Kier molecular flexibility index (Phi) is 4.19. The first-order valence-electron chi connectivity index (χ1n) is 6.61. The van der Waals surface area contributed by atoms with Crippen LogP contribution in [0.2, 0.25) is 0 Å². The number of aromatic nitrogens is 1. The number of ether oxygens (including phenoxy) is 1. The summed E-state index contributed by atoms with van der Waals surface area (Å²) in [7, 11) is 1.79. The fourth-order valence-electron chi connectivity index (χ4n) is 2.56. The van der Waals surface area contributed by atoms with Gasteiger partial charge < -0.3 is 15.4 Å². The molecule has 1 saturated heterocycles. The second-order valence-corrected chi connectivity index (χ2v) is 5.19. The van der Waals surface area contributed by atoms with Crippen molar-refractivity contribution in [3.63, 3.8) is 0 Å². The van der Waals surface area contributed by atoms with Gasteiger partial charge in [-0.3, -0.25) is 0 Å². The molecule has 1 aliphatic heterocycles. The maximum atomic E-state index is 6.02. The molecule has 2 unspecified atom stereocenters. The molecule has 0 spiro atoms. The minimum absolute atomic E-state index is 0.00837. The molecule has 4 heteroatoms. The van der Waals surface area contributed by atoms with E-state index in [0.717, 1.165) is 30.9 Å². The molecule has 1 fully saturated rings. The number of pyridine rings is 1. The summed E-state index contributed by atoms with van der Waals surface area (Å²) in [5, 5.41) is 0. The highest BCUT2D eigenvalue weighted by atomic mass is 16.5. The van der Waals surface area contributed by atoms with Crippen molar-refractivity contribution >= 4 is 5.82 Å². The molecule has 2 N–H and O–H groups in total. The van der Waals surface area contributed by atoms with E-state index in [0.29, 0.717) is 5.92 Å². The molecule has 1 aromatic heterocycles. The Balaban J connectivity index is 2.21. The summed E-state index contributed by atoms with van der Waals surface area (Å²) < 4.78 is 5.55. The molecule has 0 radical (unpaired) electrons. The van der Waals surface area contributed by atoms with Gasteiger partial charge in [0.2, 0.25) is 0 Å². The van der Waals surface area contributed by atoms with Gasteiger partial charge in [-0.05, 0) is 25.3 Å². The van der Waals surface area contributed by atoms with E-state index in [-0.39, 0.29) is 12.1 Å². The van der Waals surface area contributed by atoms with Crippen LogP contribution in [0, 0.1) is 5.92 Å². The summed E-state index contributed by atoms with van der Waals surface area (Å²) in [4.78, 5) is 6.81. The van der Waals surface area contributed by atoms with E-state index in [9.17, 15) is 0 Å². The van der Waals surface area contributed by atoms with Crippen molar-refractivity contribution in [1.82, 2.24) is 4.98 Å². The number of hydrogen-bond donors (Lipinski definition) is 1. The lowest BCUT2D eigenvalue weighted by molar-refractivity contribution is 0.0496. The molecule has 0 aromatic carbocycles. The van der Waals surface area contributed by atoms with Gasteiger partial charge in [0.1, 0.15) is 5.82 Å². The first-order valence-corrected chi connectivity index (χ1v) is 6.61. The predicted molar refractivity (Wildman–Crippen MR) is 73.6 cm³/mol. The van der Waals surface area contributed by atoms with E-state index in [4.69, 9.17) is 10.5 Å². The molecule has 2 rings (SSSR count). The quantitative estimate of drug-likeness (QED) is 0.889. The van der Waals surface area contributed by atoms with Gasteiger partial charge in [0.25, 0.3) is 0 Å². The third kappa shape index (κ3) is 2.65. The van der Waals surface area contributed by atoms with Crippen LogP contribution in [0.5, 0.6) is 0 Å². The molecule has 1 aliphatic rings. The molecule has 2 heterocycles. The van der Waals surface area contributed by atoms with Crippen LogP contribution in [-0.4, -0.2) is 31.3 Å². The summed E-state index contributed by atoms with van der Waals surface area (Å²) >= 11 is 0. The highest BCUT2D eigenvalue weighted by Crippen LogP contribution is 2.28. The van der Waals surface area contributed by atoms with Crippen LogP contribution in [0.3, 0.4) is 0 Å². The van der Waals surface area contributed by atoms with Crippen molar-refractivity contribution in [3.8, 4) is 0 Å². The molecular weight excluding hydrogens is 226 g/mol. The van der Waals surface area contributed by atoms with Crippen molar-refractivity contribution in [2.45, 2.75) is 32.4 Å². The smallest absolute Gasteiger partial charge is 0.133 e. The first-order chi connectivity index (χ1) is 8.63. The van der Waals surface area contributed by atoms with Crippen LogP contribution in [-0.2, 0) is 4.74 Å². The first kappa shape index (κ1) is 13.3.